The highest BCUT2D eigenvalue weighted by molar-refractivity contribution is 6.29. The molecule has 0 aliphatic heterocycles. The molecule has 0 unspecified atom stereocenters. The van der Waals surface area contributed by atoms with Crippen LogP contribution in [-0.2, 0) is 16.1 Å². The van der Waals surface area contributed by atoms with Crippen LogP contribution >= 0.6 is 11.6 Å². The molecular weight excluding hydrogens is 332 g/mol. The van der Waals surface area contributed by atoms with Crippen LogP contribution in [0, 0.1) is 0 Å². The van der Waals surface area contributed by atoms with Crippen LogP contribution in [-0.4, -0.2) is 30.1 Å². The monoisotopic (exact) mass is 348 g/mol. The summed E-state index contributed by atoms with van der Waals surface area (Å²) in [7, 11) is 1.59. The molecule has 1 heterocycles. The summed E-state index contributed by atoms with van der Waals surface area (Å²) in [5, 5.41) is 2.98. The van der Waals surface area contributed by atoms with Crippen molar-refractivity contribution in [3.05, 3.63) is 58.9 Å². The Bertz CT molecular complexity index is 702. The van der Waals surface area contributed by atoms with Gasteiger partial charge in [0.05, 0.1) is 12.7 Å². The predicted molar refractivity (Wildman–Crippen MR) is 89.0 cm³/mol. The zero-order chi connectivity index (χ0) is 17.5. The maximum Gasteiger partial charge on any atom is 0.340 e. The highest BCUT2D eigenvalue weighted by Gasteiger charge is 2.18. The maximum absolute atomic E-state index is 12.0. The summed E-state index contributed by atoms with van der Waals surface area (Å²) < 4.78 is 10.2. The van der Waals surface area contributed by atoms with Gasteiger partial charge in [-0.1, -0.05) is 23.7 Å². The third kappa shape index (κ3) is 4.96. The lowest BCUT2D eigenvalue weighted by Crippen LogP contribution is -2.35. The summed E-state index contributed by atoms with van der Waals surface area (Å²) >= 11 is 5.66. The van der Waals surface area contributed by atoms with Crippen molar-refractivity contribution in [3.63, 3.8) is 0 Å². The van der Waals surface area contributed by atoms with Crippen LogP contribution in [0.4, 0.5) is 0 Å². The first kappa shape index (κ1) is 17.7. The molecule has 1 amide bonds. The number of carbonyl (C=O) groups is 2. The summed E-state index contributed by atoms with van der Waals surface area (Å²) in [5.41, 5.74) is 1.14. The van der Waals surface area contributed by atoms with Gasteiger partial charge in [-0.3, -0.25) is 4.79 Å². The Kier molecular flexibility index (Phi) is 6.14. The molecule has 0 saturated heterocycles. The molecule has 0 bridgehead atoms. The molecular formula is C17H17ClN2O4. The Labute approximate surface area is 144 Å². The Balaban J connectivity index is 1.84. The van der Waals surface area contributed by atoms with Gasteiger partial charge in [0, 0.05) is 12.7 Å². The molecule has 1 aromatic carbocycles. The van der Waals surface area contributed by atoms with Gasteiger partial charge >= 0.3 is 5.97 Å². The van der Waals surface area contributed by atoms with Crippen molar-refractivity contribution in [1.82, 2.24) is 10.3 Å². The van der Waals surface area contributed by atoms with Gasteiger partial charge < -0.3 is 14.8 Å². The number of carbonyl (C=O) groups excluding carboxylic acids is 2. The molecule has 6 nitrogen and oxygen atoms in total. The Morgan fingerprint density at radius 2 is 1.92 bits per heavy atom. The smallest absolute Gasteiger partial charge is 0.340 e. The summed E-state index contributed by atoms with van der Waals surface area (Å²) in [4.78, 5) is 27.7. The summed E-state index contributed by atoms with van der Waals surface area (Å²) in [5.74, 6) is -0.281. The minimum Gasteiger partial charge on any atom is -0.497 e. The highest BCUT2D eigenvalue weighted by Crippen LogP contribution is 2.11. The van der Waals surface area contributed by atoms with Crippen molar-refractivity contribution < 1.29 is 19.1 Å². The van der Waals surface area contributed by atoms with Crippen LogP contribution in [0.5, 0.6) is 5.75 Å². The molecule has 2 rings (SSSR count). The number of amides is 1. The van der Waals surface area contributed by atoms with Gasteiger partial charge in [-0.15, -0.1) is 0 Å². The number of esters is 1. The van der Waals surface area contributed by atoms with Crippen LogP contribution in [0.1, 0.15) is 22.8 Å². The highest BCUT2D eigenvalue weighted by atomic mass is 35.5. The number of aromatic nitrogens is 1. The summed E-state index contributed by atoms with van der Waals surface area (Å²) in [6.45, 7) is 1.83. The lowest BCUT2D eigenvalue weighted by molar-refractivity contribution is -0.129. The molecule has 0 saturated carbocycles. The van der Waals surface area contributed by atoms with Crippen LogP contribution in [0.2, 0.25) is 5.15 Å². The van der Waals surface area contributed by atoms with E-state index in [2.05, 4.69) is 10.3 Å². The quantitative estimate of drug-likeness (QED) is 0.641. The van der Waals surface area contributed by atoms with Crippen molar-refractivity contribution in [1.29, 1.82) is 0 Å². The molecule has 1 N–H and O–H groups in total. The first-order valence-corrected chi connectivity index (χ1v) is 7.60. The Morgan fingerprint density at radius 1 is 1.21 bits per heavy atom. The van der Waals surface area contributed by atoms with E-state index in [9.17, 15) is 9.59 Å². The van der Waals surface area contributed by atoms with Crippen LogP contribution < -0.4 is 10.1 Å². The van der Waals surface area contributed by atoms with Gasteiger partial charge in [-0.25, -0.2) is 9.78 Å². The van der Waals surface area contributed by atoms with E-state index < -0.39 is 12.1 Å². The van der Waals surface area contributed by atoms with Gasteiger partial charge in [-0.2, -0.15) is 0 Å². The minimum atomic E-state index is -0.925. The fourth-order valence-corrected chi connectivity index (χ4v) is 1.97. The normalized spacial score (nSPS) is 11.5. The largest absolute Gasteiger partial charge is 0.497 e. The van der Waals surface area contributed by atoms with Crippen LogP contribution in [0.3, 0.4) is 0 Å². The van der Waals surface area contributed by atoms with Crippen molar-refractivity contribution in [2.45, 2.75) is 19.6 Å². The van der Waals surface area contributed by atoms with E-state index in [0.29, 0.717) is 6.54 Å². The van der Waals surface area contributed by atoms with Crippen LogP contribution in [0.25, 0.3) is 0 Å². The topological polar surface area (TPSA) is 77.5 Å². The van der Waals surface area contributed by atoms with Crippen LogP contribution in [0.15, 0.2) is 42.6 Å². The van der Waals surface area contributed by atoms with Gasteiger partial charge in [0.2, 0.25) is 0 Å². The zero-order valence-electron chi connectivity index (χ0n) is 13.3. The molecule has 24 heavy (non-hydrogen) atoms. The van der Waals surface area contributed by atoms with Crippen molar-refractivity contribution in [2.75, 3.05) is 7.11 Å². The van der Waals surface area contributed by atoms with E-state index in [1.54, 1.807) is 19.2 Å². The fourth-order valence-electron chi connectivity index (χ4n) is 1.85. The lowest BCUT2D eigenvalue weighted by Gasteiger charge is -2.13. The molecule has 1 atom stereocenters. The number of nitrogens with one attached hydrogen (secondary N) is 1. The zero-order valence-corrected chi connectivity index (χ0v) is 14.0. The minimum absolute atomic E-state index is 0.231. The van der Waals surface area contributed by atoms with Gasteiger partial charge in [0.25, 0.3) is 5.91 Å². The third-order valence-electron chi connectivity index (χ3n) is 3.24. The van der Waals surface area contributed by atoms with E-state index in [1.165, 1.54) is 25.3 Å². The number of nitrogens with zero attached hydrogens (tertiary/aromatic N) is 1. The molecule has 0 aliphatic rings. The first-order chi connectivity index (χ1) is 11.5. The maximum atomic E-state index is 12.0. The van der Waals surface area contributed by atoms with Crippen molar-refractivity contribution >= 4 is 23.5 Å². The van der Waals surface area contributed by atoms with Gasteiger partial charge in [0.15, 0.2) is 6.10 Å². The fraction of sp³-hybridized carbons (Fsp3) is 0.235. The number of benzene rings is 1. The number of methoxy groups -OCH3 is 1. The molecule has 7 heteroatoms. The molecule has 0 spiro atoms. The molecule has 126 valence electrons. The average molecular weight is 349 g/mol. The number of hydrogen-bond acceptors (Lipinski definition) is 5. The second kappa shape index (κ2) is 8.31. The average Bonchev–Trinajstić information content (AvgIpc) is 2.60. The second-order valence-electron chi connectivity index (χ2n) is 4.98. The number of hydrogen-bond donors (Lipinski definition) is 1. The number of halogens is 1. The van der Waals surface area contributed by atoms with Crippen molar-refractivity contribution in [3.8, 4) is 5.75 Å². The van der Waals surface area contributed by atoms with Gasteiger partial charge in [-0.05, 0) is 36.8 Å². The SMILES string of the molecule is COc1ccc(CNC(=O)[C@H](C)OC(=O)c2ccc(Cl)nc2)cc1. The first-order valence-electron chi connectivity index (χ1n) is 7.23. The number of rotatable bonds is 6. The van der Waals surface area contributed by atoms with E-state index in [1.807, 2.05) is 12.1 Å². The molecule has 0 radical (unpaired) electrons. The molecule has 1 aromatic heterocycles. The standard InChI is InChI=1S/C17H17ClN2O4/c1-11(24-17(22)13-5-8-15(18)19-10-13)16(21)20-9-12-3-6-14(23-2)7-4-12/h3-8,10-11H,9H2,1-2H3,(H,20,21)/t11-/m0/s1. The number of pyridine rings is 1. The Morgan fingerprint density at radius 3 is 2.50 bits per heavy atom. The number of ether oxygens (including phenoxy) is 2. The summed E-state index contributed by atoms with van der Waals surface area (Å²) in [6, 6.07) is 10.3. The third-order valence-corrected chi connectivity index (χ3v) is 3.47. The van der Waals surface area contributed by atoms with E-state index in [0.717, 1.165) is 11.3 Å². The molecule has 2 aromatic rings. The van der Waals surface area contributed by atoms with E-state index in [4.69, 9.17) is 21.1 Å². The predicted octanol–water partition coefficient (Wildman–Crippen LogP) is 2.61. The summed E-state index contributed by atoms with van der Waals surface area (Å²) in [6.07, 6.45) is 0.374. The Hall–Kier alpha value is -2.60. The van der Waals surface area contributed by atoms with Gasteiger partial charge in [0.1, 0.15) is 10.9 Å². The van der Waals surface area contributed by atoms with E-state index >= 15 is 0 Å². The van der Waals surface area contributed by atoms with Crippen molar-refractivity contribution in [2.24, 2.45) is 0 Å². The lowest BCUT2D eigenvalue weighted by atomic mass is 10.2. The second-order valence-corrected chi connectivity index (χ2v) is 5.37. The molecule has 0 fully saturated rings. The van der Waals surface area contributed by atoms with E-state index in [-0.39, 0.29) is 16.6 Å². The molecule has 0 aliphatic carbocycles.